The number of rotatable bonds is 4. The molecular formula is C16H12N2O5. The number of nitrogens with one attached hydrogen (secondary N) is 1. The van der Waals surface area contributed by atoms with Crippen molar-refractivity contribution in [3.8, 4) is 0 Å². The first-order chi connectivity index (χ1) is 11.1. The number of hydrogen-bond donors (Lipinski definition) is 1. The van der Waals surface area contributed by atoms with Gasteiger partial charge < -0.3 is 8.83 Å². The van der Waals surface area contributed by atoms with Crippen molar-refractivity contribution >= 4 is 23.9 Å². The summed E-state index contributed by atoms with van der Waals surface area (Å²) in [4.78, 5) is 36.9. The minimum atomic E-state index is -0.774. The van der Waals surface area contributed by atoms with Crippen LogP contribution in [0.3, 0.4) is 0 Å². The summed E-state index contributed by atoms with van der Waals surface area (Å²) in [6.07, 6.45) is 7.39. The summed E-state index contributed by atoms with van der Waals surface area (Å²) >= 11 is 0. The van der Waals surface area contributed by atoms with Gasteiger partial charge in [-0.25, -0.2) is 4.79 Å². The van der Waals surface area contributed by atoms with Crippen molar-refractivity contribution in [3.63, 3.8) is 0 Å². The third-order valence-corrected chi connectivity index (χ3v) is 3.15. The summed E-state index contributed by atoms with van der Waals surface area (Å²) in [6, 6.07) is 5.95. The van der Waals surface area contributed by atoms with E-state index in [1.807, 2.05) is 0 Å². The molecule has 0 aliphatic carbocycles. The predicted molar refractivity (Wildman–Crippen MR) is 78.6 cm³/mol. The molecule has 3 heterocycles. The van der Waals surface area contributed by atoms with Gasteiger partial charge in [0.15, 0.2) is 0 Å². The molecule has 1 aliphatic rings. The summed E-state index contributed by atoms with van der Waals surface area (Å²) in [6.45, 7) is -0.0514. The first kappa shape index (κ1) is 14.6. The lowest BCUT2D eigenvalue weighted by Crippen LogP contribution is -2.53. The molecule has 1 fully saturated rings. The van der Waals surface area contributed by atoms with Crippen LogP contribution in [0.15, 0.2) is 63.4 Å². The van der Waals surface area contributed by atoms with Crippen molar-refractivity contribution in [1.29, 1.82) is 0 Å². The van der Waals surface area contributed by atoms with Gasteiger partial charge in [0.25, 0.3) is 11.8 Å². The molecule has 2 aromatic heterocycles. The maximum Gasteiger partial charge on any atom is 0.331 e. The summed E-state index contributed by atoms with van der Waals surface area (Å²) in [7, 11) is 0. The molecule has 3 rings (SSSR count). The van der Waals surface area contributed by atoms with E-state index in [-0.39, 0.29) is 12.1 Å². The Labute approximate surface area is 130 Å². The highest BCUT2D eigenvalue weighted by atomic mass is 16.3. The summed E-state index contributed by atoms with van der Waals surface area (Å²) in [5.41, 5.74) is -0.140. The van der Waals surface area contributed by atoms with Crippen molar-refractivity contribution in [2.75, 3.05) is 0 Å². The topological polar surface area (TPSA) is 92.8 Å². The first-order valence-electron chi connectivity index (χ1n) is 6.76. The Balaban J connectivity index is 1.80. The lowest BCUT2D eigenvalue weighted by molar-refractivity contribution is -0.130. The third kappa shape index (κ3) is 3.13. The molecule has 0 spiro atoms. The molecule has 0 radical (unpaired) electrons. The van der Waals surface area contributed by atoms with Crippen LogP contribution in [0.25, 0.3) is 6.08 Å². The molecule has 7 nitrogen and oxygen atoms in total. The lowest BCUT2D eigenvalue weighted by atomic mass is 10.1. The average Bonchev–Trinajstić information content (AvgIpc) is 3.20. The monoisotopic (exact) mass is 312 g/mol. The number of amides is 4. The number of imide groups is 2. The lowest BCUT2D eigenvalue weighted by Gasteiger charge is -2.25. The van der Waals surface area contributed by atoms with Gasteiger partial charge in [-0.2, -0.15) is 0 Å². The predicted octanol–water partition coefficient (Wildman–Crippen LogP) is 2.09. The van der Waals surface area contributed by atoms with E-state index >= 15 is 0 Å². The van der Waals surface area contributed by atoms with E-state index < -0.39 is 17.8 Å². The molecule has 7 heteroatoms. The molecule has 23 heavy (non-hydrogen) atoms. The average molecular weight is 312 g/mol. The van der Waals surface area contributed by atoms with Crippen molar-refractivity contribution in [2.45, 2.75) is 6.54 Å². The summed E-state index contributed by atoms with van der Waals surface area (Å²) in [5, 5.41) is 2.13. The van der Waals surface area contributed by atoms with Crippen molar-refractivity contribution in [3.05, 3.63) is 66.0 Å². The molecule has 0 bridgehead atoms. The van der Waals surface area contributed by atoms with Gasteiger partial charge in [-0.1, -0.05) is 6.08 Å². The Hall–Kier alpha value is -3.35. The first-order valence-corrected chi connectivity index (χ1v) is 6.76. The van der Waals surface area contributed by atoms with Gasteiger partial charge in [0, 0.05) is 0 Å². The Morgan fingerprint density at radius 3 is 2.57 bits per heavy atom. The number of nitrogens with zero attached hydrogens (tertiary/aromatic N) is 1. The fraction of sp³-hybridized carbons (Fsp3) is 0.0625. The van der Waals surface area contributed by atoms with E-state index in [1.165, 1.54) is 24.7 Å². The molecule has 2 aromatic rings. The second kappa shape index (κ2) is 6.18. The van der Waals surface area contributed by atoms with E-state index in [1.54, 1.807) is 30.3 Å². The molecule has 1 saturated heterocycles. The zero-order chi connectivity index (χ0) is 16.2. The van der Waals surface area contributed by atoms with Crippen LogP contribution in [0.4, 0.5) is 4.79 Å². The molecule has 0 saturated carbocycles. The third-order valence-electron chi connectivity index (χ3n) is 3.15. The van der Waals surface area contributed by atoms with Crippen LogP contribution in [0.2, 0.25) is 0 Å². The maximum atomic E-state index is 12.3. The number of furan rings is 2. The zero-order valence-corrected chi connectivity index (χ0v) is 11.9. The molecule has 1 N–H and O–H groups in total. The minimum Gasteiger partial charge on any atom is -0.467 e. The van der Waals surface area contributed by atoms with Crippen LogP contribution in [0, 0.1) is 0 Å². The zero-order valence-electron chi connectivity index (χ0n) is 11.9. The highest BCUT2D eigenvalue weighted by Crippen LogP contribution is 2.14. The van der Waals surface area contributed by atoms with Gasteiger partial charge in [0.2, 0.25) is 0 Å². The molecule has 0 unspecified atom stereocenters. The highest BCUT2D eigenvalue weighted by Gasteiger charge is 2.35. The number of hydrogen-bond acceptors (Lipinski definition) is 5. The van der Waals surface area contributed by atoms with Gasteiger partial charge >= 0.3 is 6.03 Å². The Morgan fingerprint density at radius 2 is 1.87 bits per heavy atom. The second-order valence-electron chi connectivity index (χ2n) is 4.68. The van der Waals surface area contributed by atoms with Crippen molar-refractivity contribution in [2.24, 2.45) is 0 Å². The fourth-order valence-electron chi connectivity index (χ4n) is 2.04. The summed E-state index contributed by atoms with van der Waals surface area (Å²) < 4.78 is 10.2. The molecular weight excluding hydrogens is 300 g/mol. The minimum absolute atomic E-state index is 0.0514. The fourth-order valence-corrected chi connectivity index (χ4v) is 2.04. The van der Waals surface area contributed by atoms with E-state index in [9.17, 15) is 14.4 Å². The molecule has 116 valence electrons. The van der Waals surface area contributed by atoms with E-state index in [0.717, 1.165) is 4.90 Å². The second-order valence-corrected chi connectivity index (χ2v) is 4.68. The van der Waals surface area contributed by atoms with Gasteiger partial charge in [0.05, 0.1) is 19.1 Å². The van der Waals surface area contributed by atoms with Gasteiger partial charge in [-0.15, -0.1) is 0 Å². The van der Waals surface area contributed by atoms with Crippen LogP contribution in [0.5, 0.6) is 0 Å². The smallest absolute Gasteiger partial charge is 0.331 e. The SMILES string of the molecule is O=C1NC(=O)N(Cc2ccco2)C(=O)C1=CC=Cc1ccco1. The molecule has 0 aromatic carbocycles. The number of allylic oxidation sites excluding steroid dienone is 2. The van der Waals surface area contributed by atoms with Gasteiger partial charge in [-0.05, 0) is 36.4 Å². The van der Waals surface area contributed by atoms with Crippen molar-refractivity contribution < 1.29 is 23.2 Å². The van der Waals surface area contributed by atoms with Crippen LogP contribution >= 0.6 is 0 Å². The number of barbiturate groups is 1. The normalized spacial score (nSPS) is 17.3. The largest absolute Gasteiger partial charge is 0.467 e. The quantitative estimate of drug-likeness (QED) is 0.689. The van der Waals surface area contributed by atoms with Gasteiger partial charge in [-0.3, -0.25) is 19.8 Å². The Bertz CT molecular complexity index is 785. The number of carbonyl (C=O) groups is 3. The maximum absolute atomic E-state index is 12.3. The molecule has 4 amide bonds. The van der Waals surface area contributed by atoms with Gasteiger partial charge in [0.1, 0.15) is 17.1 Å². The van der Waals surface area contributed by atoms with Crippen LogP contribution in [-0.4, -0.2) is 22.7 Å². The van der Waals surface area contributed by atoms with E-state index in [2.05, 4.69) is 5.32 Å². The number of carbonyl (C=O) groups excluding carboxylic acids is 3. The van der Waals surface area contributed by atoms with Crippen molar-refractivity contribution in [1.82, 2.24) is 10.2 Å². The number of urea groups is 1. The van der Waals surface area contributed by atoms with Crippen LogP contribution in [0.1, 0.15) is 11.5 Å². The standard InChI is InChI=1S/C16H12N2O5/c19-14-13(7-1-4-11-5-2-8-22-11)15(20)18(16(21)17-14)10-12-6-3-9-23-12/h1-9H,10H2,(H,17,19,21). The van der Waals surface area contributed by atoms with Crippen LogP contribution in [-0.2, 0) is 16.1 Å². The Kier molecular flexibility index (Phi) is 3.92. The summed E-state index contributed by atoms with van der Waals surface area (Å²) in [5.74, 6) is -0.401. The van der Waals surface area contributed by atoms with E-state index in [0.29, 0.717) is 11.5 Å². The molecule has 0 atom stereocenters. The van der Waals surface area contributed by atoms with E-state index in [4.69, 9.17) is 8.83 Å². The highest BCUT2D eigenvalue weighted by molar-refractivity contribution is 6.28. The Morgan fingerprint density at radius 1 is 1.09 bits per heavy atom. The van der Waals surface area contributed by atoms with Crippen LogP contribution < -0.4 is 5.32 Å². The molecule has 1 aliphatic heterocycles.